The summed E-state index contributed by atoms with van der Waals surface area (Å²) in [6.07, 6.45) is 2.21. The van der Waals surface area contributed by atoms with Gasteiger partial charge < -0.3 is 15.8 Å². The first kappa shape index (κ1) is 9.21. The van der Waals surface area contributed by atoms with Gasteiger partial charge in [-0.3, -0.25) is 0 Å². The molecule has 1 atom stereocenters. The molecule has 0 aromatic carbocycles. The van der Waals surface area contributed by atoms with Crippen LogP contribution in [-0.2, 0) is 4.74 Å². The normalized spacial score (nSPS) is 21.9. The van der Waals surface area contributed by atoms with Gasteiger partial charge in [-0.05, 0) is 25.0 Å². The van der Waals surface area contributed by atoms with Crippen LogP contribution in [0.4, 0.5) is 11.6 Å². The Labute approximate surface area is 82.7 Å². The first-order chi connectivity index (χ1) is 6.84. The van der Waals surface area contributed by atoms with Crippen LogP contribution >= 0.6 is 0 Å². The fourth-order valence-electron chi connectivity index (χ4n) is 1.48. The van der Waals surface area contributed by atoms with Gasteiger partial charge in [-0.2, -0.15) is 0 Å². The van der Waals surface area contributed by atoms with E-state index in [0.717, 1.165) is 31.9 Å². The average molecular weight is 194 g/mol. The summed E-state index contributed by atoms with van der Waals surface area (Å²) in [7, 11) is 0. The van der Waals surface area contributed by atoms with Crippen LogP contribution in [0, 0.1) is 0 Å². The van der Waals surface area contributed by atoms with Crippen LogP contribution in [0.15, 0.2) is 12.1 Å². The van der Waals surface area contributed by atoms with Gasteiger partial charge in [0.2, 0.25) is 0 Å². The zero-order valence-electron chi connectivity index (χ0n) is 7.94. The third kappa shape index (κ3) is 2.32. The molecule has 0 spiro atoms. The molecular weight excluding hydrogens is 180 g/mol. The van der Waals surface area contributed by atoms with Gasteiger partial charge in [-0.25, -0.2) is 0 Å². The van der Waals surface area contributed by atoms with Crippen LogP contribution in [0.2, 0.25) is 0 Å². The minimum Gasteiger partial charge on any atom is -0.382 e. The fourth-order valence-corrected chi connectivity index (χ4v) is 1.48. The zero-order chi connectivity index (χ0) is 9.80. The smallest absolute Gasteiger partial charge is 0.149 e. The first-order valence-corrected chi connectivity index (χ1v) is 4.78. The second-order valence-electron chi connectivity index (χ2n) is 3.40. The second kappa shape index (κ2) is 4.23. The molecule has 5 heteroatoms. The monoisotopic (exact) mass is 194 g/mol. The van der Waals surface area contributed by atoms with E-state index in [9.17, 15) is 0 Å². The van der Waals surface area contributed by atoms with Crippen LogP contribution < -0.4 is 11.1 Å². The minimum absolute atomic E-state index is 0.349. The van der Waals surface area contributed by atoms with Crippen LogP contribution in [0.5, 0.6) is 0 Å². The molecule has 2 heterocycles. The van der Waals surface area contributed by atoms with Gasteiger partial charge >= 0.3 is 0 Å². The first-order valence-electron chi connectivity index (χ1n) is 4.78. The maximum Gasteiger partial charge on any atom is 0.149 e. The highest BCUT2D eigenvalue weighted by molar-refractivity contribution is 5.39. The van der Waals surface area contributed by atoms with E-state index in [1.165, 1.54) is 0 Å². The number of nitrogens with two attached hydrogens (primary N) is 1. The Balaban J connectivity index is 1.92. The molecule has 14 heavy (non-hydrogen) atoms. The summed E-state index contributed by atoms with van der Waals surface area (Å²) in [5.41, 5.74) is 5.43. The standard InChI is InChI=1S/C9H14N4O/c10-8-3-4-9(13-12-8)11-7-2-1-5-14-6-7/h3-4,7H,1-2,5-6H2,(H2,10,12)(H,11,13). The Hall–Kier alpha value is -1.36. The molecule has 1 aromatic rings. The summed E-state index contributed by atoms with van der Waals surface area (Å²) in [5.74, 6) is 1.20. The van der Waals surface area contributed by atoms with E-state index in [0.29, 0.717) is 11.9 Å². The van der Waals surface area contributed by atoms with Crippen LogP contribution in [-0.4, -0.2) is 29.5 Å². The van der Waals surface area contributed by atoms with Gasteiger partial charge in [-0.1, -0.05) is 0 Å². The lowest BCUT2D eigenvalue weighted by Gasteiger charge is -2.23. The maximum atomic E-state index is 5.43. The van der Waals surface area contributed by atoms with Crippen molar-refractivity contribution >= 4 is 11.6 Å². The Kier molecular flexibility index (Phi) is 2.78. The highest BCUT2D eigenvalue weighted by Gasteiger charge is 2.13. The Morgan fingerprint density at radius 1 is 1.43 bits per heavy atom. The number of nitrogen functional groups attached to an aromatic ring is 1. The number of hydrogen-bond donors (Lipinski definition) is 2. The summed E-state index contributed by atoms with van der Waals surface area (Å²) in [4.78, 5) is 0. The lowest BCUT2D eigenvalue weighted by molar-refractivity contribution is 0.0875. The van der Waals surface area contributed by atoms with Crippen molar-refractivity contribution in [1.82, 2.24) is 10.2 Å². The van der Waals surface area contributed by atoms with Crippen molar-refractivity contribution in [1.29, 1.82) is 0 Å². The number of aromatic nitrogens is 2. The number of anilines is 2. The summed E-state index contributed by atoms with van der Waals surface area (Å²) in [6.45, 7) is 1.61. The van der Waals surface area contributed by atoms with Crippen molar-refractivity contribution in [3.63, 3.8) is 0 Å². The molecule has 1 aliphatic heterocycles. The topological polar surface area (TPSA) is 73.1 Å². The van der Waals surface area contributed by atoms with Gasteiger partial charge in [-0.15, -0.1) is 10.2 Å². The molecule has 1 saturated heterocycles. The number of rotatable bonds is 2. The molecule has 76 valence electrons. The highest BCUT2D eigenvalue weighted by Crippen LogP contribution is 2.11. The van der Waals surface area contributed by atoms with Crippen molar-refractivity contribution in [2.45, 2.75) is 18.9 Å². The number of hydrogen-bond acceptors (Lipinski definition) is 5. The van der Waals surface area contributed by atoms with Gasteiger partial charge in [0.05, 0.1) is 12.6 Å². The Morgan fingerprint density at radius 2 is 2.36 bits per heavy atom. The quantitative estimate of drug-likeness (QED) is 0.723. The van der Waals surface area contributed by atoms with Gasteiger partial charge in [0.15, 0.2) is 0 Å². The molecule has 5 nitrogen and oxygen atoms in total. The molecule has 2 rings (SSSR count). The van der Waals surface area contributed by atoms with Crippen molar-refractivity contribution < 1.29 is 4.74 Å². The summed E-state index contributed by atoms with van der Waals surface area (Å²) < 4.78 is 5.34. The van der Waals surface area contributed by atoms with E-state index in [2.05, 4.69) is 15.5 Å². The molecule has 1 aliphatic rings. The van der Waals surface area contributed by atoms with Crippen molar-refractivity contribution in [2.24, 2.45) is 0 Å². The van der Waals surface area contributed by atoms with Gasteiger partial charge in [0.1, 0.15) is 11.6 Å². The summed E-state index contributed by atoms with van der Waals surface area (Å²) in [5, 5.41) is 11.0. The van der Waals surface area contributed by atoms with Crippen molar-refractivity contribution in [3.05, 3.63) is 12.1 Å². The fraction of sp³-hybridized carbons (Fsp3) is 0.556. The largest absolute Gasteiger partial charge is 0.382 e. The van der Waals surface area contributed by atoms with E-state index >= 15 is 0 Å². The summed E-state index contributed by atoms with van der Waals surface area (Å²) >= 11 is 0. The number of nitrogens with one attached hydrogen (secondary N) is 1. The average Bonchev–Trinajstić information content (AvgIpc) is 2.23. The predicted octanol–water partition coefficient (Wildman–Crippen LogP) is 0.650. The molecule has 1 unspecified atom stereocenters. The second-order valence-corrected chi connectivity index (χ2v) is 3.40. The summed E-state index contributed by atoms with van der Waals surface area (Å²) in [6, 6.07) is 3.91. The van der Waals surface area contributed by atoms with Crippen LogP contribution in [0.3, 0.4) is 0 Å². The third-order valence-electron chi connectivity index (χ3n) is 2.20. The number of ether oxygens (including phenoxy) is 1. The Morgan fingerprint density at radius 3 is 3.00 bits per heavy atom. The van der Waals surface area contributed by atoms with Crippen molar-refractivity contribution in [2.75, 3.05) is 24.3 Å². The minimum atomic E-state index is 0.349. The molecule has 3 N–H and O–H groups in total. The van der Waals surface area contributed by atoms with E-state index in [1.807, 2.05) is 6.07 Å². The highest BCUT2D eigenvalue weighted by atomic mass is 16.5. The van der Waals surface area contributed by atoms with E-state index in [-0.39, 0.29) is 0 Å². The Bertz CT molecular complexity index is 281. The molecule has 0 radical (unpaired) electrons. The molecule has 0 bridgehead atoms. The SMILES string of the molecule is Nc1ccc(NC2CCCOC2)nn1. The molecule has 1 fully saturated rings. The molecule has 0 saturated carbocycles. The lowest BCUT2D eigenvalue weighted by Crippen LogP contribution is -2.30. The van der Waals surface area contributed by atoms with E-state index in [4.69, 9.17) is 10.5 Å². The third-order valence-corrected chi connectivity index (χ3v) is 2.20. The van der Waals surface area contributed by atoms with Crippen molar-refractivity contribution in [3.8, 4) is 0 Å². The zero-order valence-corrected chi connectivity index (χ0v) is 7.94. The molecular formula is C9H14N4O. The predicted molar refractivity (Wildman–Crippen MR) is 53.9 cm³/mol. The van der Waals surface area contributed by atoms with Crippen LogP contribution in [0.25, 0.3) is 0 Å². The molecule has 0 aliphatic carbocycles. The molecule has 0 amide bonds. The van der Waals surface area contributed by atoms with Crippen LogP contribution in [0.1, 0.15) is 12.8 Å². The number of nitrogens with zero attached hydrogens (tertiary/aromatic N) is 2. The van der Waals surface area contributed by atoms with E-state index < -0.39 is 0 Å². The van der Waals surface area contributed by atoms with Gasteiger partial charge in [0, 0.05) is 6.61 Å². The lowest BCUT2D eigenvalue weighted by atomic mass is 10.1. The van der Waals surface area contributed by atoms with Gasteiger partial charge in [0.25, 0.3) is 0 Å². The van der Waals surface area contributed by atoms with E-state index in [1.54, 1.807) is 6.07 Å². The maximum absolute atomic E-state index is 5.43. The molecule has 1 aromatic heterocycles.